The molecule has 320 valence electrons. The zero-order valence-electron chi connectivity index (χ0n) is 35.6. The van der Waals surface area contributed by atoms with Gasteiger partial charge in [0.25, 0.3) is 5.91 Å². The van der Waals surface area contributed by atoms with Crippen molar-refractivity contribution in [1.29, 1.82) is 0 Å². The van der Waals surface area contributed by atoms with Gasteiger partial charge in [0.15, 0.2) is 6.04 Å². The smallest absolute Gasteiger partial charge is 0.330 e. The molecule has 0 radical (unpaired) electrons. The molecule has 12 nitrogen and oxygen atoms in total. The molecule has 0 bridgehead atoms. The number of hydrogen-bond donors (Lipinski definition) is 6. The first-order valence-corrected chi connectivity index (χ1v) is 21.6. The van der Waals surface area contributed by atoms with Gasteiger partial charge < -0.3 is 31.7 Å². The number of amides is 4. The summed E-state index contributed by atoms with van der Waals surface area (Å²) in [7, 11) is 0. The van der Waals surface area contributed by atoms with E-state index in [4.69, 9.17) is 0 Å². The molecule has 58 heavy (non-hydrogen) atoms. The highest BCUT2D eigenvalue weighted by Gasteiger charge is 2.31. The molecule has 6 N–H and O–H groups in total. The highest BCUT2D eigenvalue weighted by Crippen LogP contribution is 2.30. The van der Waals surface area contributed by atoms with E-state index in [2.05, 4.69) is 39.6 Å². The largest absolute Gasteiger partial charge is 0.479 e. The van der Waals surface area contributed by atoms with Gasteiger partial charge in [-0.25, -0.2) is 4.79 Å². The highest BCUT2D eigenvalue weighted by molar-refractivity contribution is 6.38. The predicted molar refractivity (Wildman–Crippen MR) is 229 cm³/mol. The quantitative estimate of drug-likeness (QED) is 0.0705. The first kappa shape index (κ1) is 49.1. The second kappa shape index (κ2) is 28.4. The second-order valence-electron chi connectivity index (χ2n) is 14.7. The standard InChI is InChI=1S/C38H51N5O7.C6H12.C2H6/c1-4-7-18-32(44)39-23-31(27-19-20-27)41-30(22-26-15-11-14-25(21-26)12-5-2)36(47)42-29(13-6-3)35(46)37(48)40-24-33(45)43-34(38(49)50)28-16-9-8-10-17-28;1-2-4-6-5-3-1;1-2/h8-11,14-17,21,29-30,34,41H,4-7,12-13,18-20,22-24H2,1-3H3,(H,39,44)(H,40,48)(H,42,47)(H,43,45)(H,49,50);1-6H2;1-2H3. The van der Waals surface area contributed by atoms with Crippen LogP contribution in [0.3, 0.4) is 0 Å². The molecule has 0 heterocycles. The normalized spacial score (nSPS) is 14.3. The van der Waals surface area contributed by atoms with Gasteiger partial charge in [0.2, 0.25) is 23.5 Å². The summed E-state index contributed by atoms with van der Waals surface area (Å²) in [5, 5.41) is 23.3. The molecule has 0 saturated heterocycles. The molecule has 3 unspecified atom stereocenters. The van der Waals surface area contributed by atoms with Gasteiger partial charge in [-0.15, -0.1) is 0 Å². The van der Waals surface area contributed by atoms with Gasteiger partial charge in [0.05, 0.1) is 19.1 Å². The lowest BCUT2D eigenvalue weighted by Gasteiger charge is -2.25. The van der Waals surface area contributed by atoms with Crippen molar-refractivity contribution in [2.75, 3.05) is 13.1 Å². The maximum atomic E-state index is 13.9. The van der Waals surface area contributed by atoms with E-state index in [1.165, 1.54) is 38.5 Å². The molecule has 2 aliphatic carbocycles. The number of aryl methyl sites for hydroxylation is 1. The van der Waals surface area contributed by atoms with Gasteiger partial charge in [-0.2, -0.15) is 0 Å². The predicted octanol–water partition coefficient (Wildman–Crippen LogP) is 6.77. The topological polar surface area (TPSA) is 183 Å². The Labute approximate surface area is 346 Å². The van der Waals surface area contributed by atoms with Crippen molar-refractivity contribution < 1.29 is 33.9 Å². The Balaban J connectivity index is 0.00000130. The lowest BCUT2D eigenvalue weighted by atomic mass is 9.99. The lowest BCUT2D eigenvalue weighted by molar-refractivity contribution is -0.142. The van der Waals surface area contributed by atoms with E-state index in [-0.39, 0.29) is 18.9 Å². The monoisotopic (exact) mass is 804 g/mol. The molecule has 12 heteroatoms. The number of nitrogens with one attached hydrogen (secondary N) is 5. The van der Waals surface area contributed by atoms with Crippen molar-refractivity contribution in [2.45, 2.75) is 155 Å². The van der Waals surface area contributed by atoms with Crippen LogP contribution in [-0.2, 0) is 41.6 Å². The van der Waals surface area contributed by atoms with Crippen LogP contribution in [-0.4, -0.2) is 65.7 Å². The molecule has 0 spiro atoms. The number of carbonyl (C=O) groups is 6. The zero-order chi connectivity index (χ0) is 42.7. The summed E-state index contributed by atoms with van der Waals surface area (Å²) < 4.78 is 0. The Morgan fingerprint density at radius 1 is 0.672 bits per heavy atom. The summed E-state index contributed by atoms with van der Waals surface area (Å²) in [6, 6.07) is 12.8. The van der Waals surface area contributed by atoms with E-state index >= 15 is 0 Å². The fraction of sp³-hybridized carbons (Fsp3) is 0.565. The molecule has 2 aliphatic rings. The van der Waals surface area contributed by atoms with Crippen LogP contribution in [0.4, 0.5) is 0 Å². The van der Waals surface area contributed by atoms with E-state index < -0.39 is 54.1 Å². The number of unbranched alkanes of at least 4 members (excludes halogenated alkanes) is 1. The van der Waals surface area contributed by atoms with Gasteiger partial charge in [-0.3, -0.25) is 24.0 Å². The third-order valence-corrected chi connectivity index (χ3v) is 9.81. The highest BCUT2D eigenvalue weighted by atomic mass is 16.4. The van der Waals surface area contributed by atoms with Crippen molar-refractivity contribution in [3.63, 3.8) is 0 Å². The number of hydrogen-bond acceptors (Lipinski definition) is 7. The SMILES string of the molecule is C1CCCCC1.CC.CCCCC(=O)NCC(NC(Cc1cccc(CCC)c1)C(=O)NC(CCC)C(=O)C(=O)NCC(=O)NC(C(=O)O)c1ccccc1)=C1CC1. The second-order valence-corrected chi connectivity index (χ2v) is 14.7. The molecular weight excluding hydrogens is 735 g/mol. The van der Waals surface area contributed by atoms with Crippen LogP contribution in [0.5, 0.6) is 0 Å². The van der Waals surface area contributed by atoms with Crippen molar-refractivity contribution >= 4 is 35.4 Å². The summed E-state index contributed by atoms with van der Waals surface area (Å²) in [5.74, 6) is -4.61. The Morgan fingerprint density at radius 2 is 1.31 bits per heavy atom. The first-order valence-electron chi connectivity index (χ1n) is 21.6. The number of ketones is 1. The van der Waals surface area contributed by atoms with Gasteiger partial charge in [0, 0.05) is 18.5 Å². The molecule has 0 aliphatic heterocycles. The van der Waals surface area contributed by atoms with Gasteiger partial charge >= 0.3 is 5.97 Å². The Kier molecular flexibility index (Phi) is 24.1. The van der Waals surface area contributed by atoms with Crippen LogP contribution in [0.2, 0.25) is 0 Å². The van der Waals surface area contributed by atoms with Crippen molar-refractivity contribution in [3.8, 4) is 0 Å². The maximum absolute atomic E-state index is 13.9. The first-order chi connectivity index (χ1) is 28.1. The van der Waals surface area contributed by atoms with Gasteiger partial charge in [0.1, 0.15) is 6.04 Å². The summed E-state index contributed by atoms with van der Waals surface area (Å²) >= 11 is 0. The molecular formula is C46H69N5O7. The molecule has 2 aromatic rings. The number of carbonyl (C=O) groups excluding carboxylic acids is 5. The Bertz CT molecular complexity index is 1610. The number of Topliss-reactive ketones (excluding diaryl/α,β-unsaturated/α-hetero) is 1. The minimum Gasteiger partial charge on any atom is -0.479 e. The van der Waals surface area contributed by atoms with Crippen LogP contribution in [0.1, 0.15) is 147 Å². The van der Waals surface area contributed by atoms with Gasteiger partial charge in [-0.1, -0.05) is 147 Å². The van der Waals surface area contributed by atoms with E-state index in [9.17, 15) is 33.9 Å². The molecule has 3 atom stereocenters. The molecule has 4 rings (SSSR count). The number of carboxylic acids is 1. The number of benzene rings is 2. The number of rotatable bonds is 22. The van der Waals surface area contributed by atoms with Crippen molar-refractivity contribution in [3.05, 3.63) is 82.6 Å². The fourth-order valence-electron chi connectivity index (χ4n) is 6.55. The summed E-state index contributed by atoms with van der Waals surface area (Å²) in [6.45, 7) is 9.56. The van der Waals surface area contributed by atoms with E-state index in [0.29, 0.717) is 24.8 Å². The third-order valence-electron chi connectivity index (χ3n) is 9.81. The number of allylic oxidation sites excluding steroid dienone is 1. The van der Waals surface area contributed by atoms with E-state index in [0.717, 1.165) is 60.9 Å². The van der Waals surface area contributed by atoms with Crippen molar-refractivity contribution in [2.24, 2.45) is 0 Å². The molecule has 0 aromatic heterocycles. The van der Waals surface area contributed by atoms with Gasteiger partial charge in [-0.05, 0) is 54.4 Å². The van der Waals surface area contributed by atoms with Crippen LogP contribution in [0.15, 0.2) is 65.9 Å². The Morgan fingerprint density at radius 3 is 1.88 bits per heavy atom. The maximum Gasteiger partial charge on any atom is 0.330 e. The van der Waals surface area contributed by atoms with Crippen LogP contribution in [0, 0.1) is 0 Å². The molecule has 2 aromatic carbocycles. The molecule has 2 fully saturated rings. The van der Waals surface area contributed by atoms with E-state index in [1.54, 1.807) is 30.3 Å². The summed E-state index contributed by atoms with van der Waals surface area (Å²) in [4.78, 5) is 76.9. The minimum atomic E-state index is -1.34. The van der Waals surface area contributed by atoms with Crippen molar-refractivity contribution in [1.82, 2.24) is 26.6 Å². The van der Waals surface area contributed by atoms with E-state index in [1.807, 2.05) is 45.9 Å². The fourth-order valence-corrected chi connectivity index (χ4v) is 6.55. The Hall–Kier alpha value is -5.00. The average Bonchev–Trinajstić information content (AvgIpc) is 4.10. The number of aliphatic carboxylic acids is 1. The molecule has 2 saturated carbocycles. The van der Waals surface area contributed by atoms with Crippen LogP contribution >= 0.6 is 0 Å². The minimum absolute atomic E-state index is 0.0625. The summed E-state index contributed by atoms with van der Waals surface area (Å²) in [6.07, 6.45) is 15.6. The third kappa shape index (κ3) is 19.0. The summed E-state index contributed by atoms with van der Waals surface area (Å²) in [5.41, 5.74) is 4.31. The van der Waals surface area contributed by atoms with Crippen LogP contribution < -0.4 is 26.6 Å². The zero-order valence-corrected chi connectivity index (χ0v) is 35.6. The lowest BCUT2D eigenvalue weighted by Crippen LogP contribution is -2.54. The number of carboxylic acid groups (broad SMARTS) is 1. The van der Waals surface area contributed by atoms with Crippen LogP contribution in [0.25, 0.3) is 0 Å². The molecule has 4 amide bonds. The average molecular weight is 804 g/mol.